The summed E-state index contributed by atoms with van der Waals surface area (Å²) in [6, 6.07) is 8.35. The molecule has 0 aliphatic carbocycles. The molecular weight excluding hydrogens is 220 g/mol. The van der Waals surface area contributed by atoms with Gasteiger partial charge in [0, 0.05) is 13.0 Å². The summed E-state index contributed by atoms with van der Waals surface area (Å²) >= 11 is 0. The molecule has 2 nitrogen and oxygen atoms in total. The van der Waals surface area contributed by atoms with Crippen LogP contribution in [0, 0.1) is 0 Å². The fraction of sp³-hybridized carbons (Fsp3) is 0.438. The van der Waals surface area contributed by atoms with E-state index in [1.165, 1.54) is 37.0 Å². The van der Waals surface area contributed by atoms with E-state index >= 15 is 0 Å². The van der Waals surface area contributed by atoms with Crippen LogP contribution in [0.25, 0.3) is 11.0 Å². The van der Waals surface area contributed by atoms with Crippen molar-refractivity contribution in [3.8, 4) is 0 Å². The third-order valence-corrected chi connectivity index (χ3v) is 3.30. The highest BCUT2D eigenvalue weighted by atomic mass is 15.1. The van der Waals surface area contributed by atoms with Gasteiger partial charge < -0.3 is 4.57 Å². The number of nitrogens with zero attached hydrogens (tertiary/aromatic N) is 2. The summed E-state index contributed by atoms with van der Waals surface area (Å²) in [5.41, 5.74) is 2.33. The van der Waals surface area contributed by atoms with Crippen molar-refractivity contribution in [2.24, 2.45) is 0 Å². The second-order valence-corrected chi connectivity index (χ2v) is 4.73. The summed E-state index contributed by atoms with van der Waals surface area (Å²) in [5, 5.41) is 0. The highest BCUT2D eigenvalue weighted by molar-refractivity contribution is 5.75. The molecule has 1 heterocycles. The van der Waals surface area contributed by atoms with Gasteiger partial charge in [-0.3, -0.25) is 0 Å². The van der Waals surface area contributed by atoms with Crippen molar-refractivity contribution in [1.82, 2.24) is 9.55 Å². The summed E-state index contributed by atoms with van der Waals surface area (Å²) in [4.78, 5) is 4.74. The molecule has 0 spiro atoms. The van der Waals surface area contributed by atoms with Crippen molar-refractivity contribution in [2.45, 2.75) is 45.6 Å². The molecule has 0 unspecified atom stereocenters. The molecule has 0 bridgehead atoms. The van der Waals surface area contributed by atoms with Crippen LogP contribution in [0.3, 0.4) is 0 Å². The largest absolute Gasteiger partial charge is 0.324 e. The zero-order valence-electron chi connectivity index (χ0n) is 11.2. The molecule has 0 aliphatic heterocycles. The zero-order chi connectivity index (χ0) is 12.8. The minimum Gasteiger partial charge on any atom is -0.324 e. The van der Waals surface area contributed by atoms with Crippen LogP contribution in [0.15, 0.2) is 36.9 Å². The minimum absolute atomic E-state index is 0.851. The third-order valence-electron chi connectivity index (χ3n) is 3.30. The van der Waals surface area contributed by atoms with Crippen molar-refractivity contribution in [3.63, 3.8) is 0 Å². The lowest BCUT2D eigenvalue weighted by atomic mass is 10.1. The van der Waals surface area contributed by atoms with E-state index in [-0.39, 0.29) is 0 Å². The molecule has 0 amide bonds. The Morgan fingerprint density at radius 2 is 2.06 bits per heavy atom. The van der Waals surface area contributed by atoms with Crippen LogP contribution in [0.2, 0.25) is 0 Å². The SMILES string of the molecule is C=CCn1c(CCCCCC)nc2ccccc21. The van der Waals surface area contributed by atoms with Gasteiger partial charge in [-0.1, -0.05) is 44.4 Å². The number of allylic oxidation sites excluding steroid dienone is 1. The number of aryl methyl sites for hydroxylation is 1. The molecule has 2 heteroatoms. The molecule has 1 aromatic heterocycles. The number of imidazole rings is 1. The second-order valence-electron chi connectivity index (χ2n) is 4.73. The van der Waals surface area contributed by atoms with Crippen molar-refractivity contribution >= 4 is 11.0 Å². The van der Waals surface area contributed by atoms with Gasteiger partial charge in [0.25, 0.3) is 0 Å². The lowest BCUT2D eigenvalue weighted by Crippen LogP contribution is -2.02. The predicted octanol–water partition coefficient (Wildman–Crippen LogP) is 4.35. The molecule has 96 valence electrons. The van der Waals surface area contributed by atoms with Gasteiger partial charge in [-0.25, -0.2) is 4.98 Å². The van der Waals surface area contributed by atoms with Crippen LogP contribution in [-0.2, 0) is 13.0 Å². The molecule has 0 radical (unpaired) electrons. The highest BCUT2D eigenvalue weighted by Crippen LogP contribution is 2.18. The fourth-order valence-corrected chi connectivity index (χ4v) is 2.36. The van der Waals surface area contributed by atoms with E-state index in [0.29, 0.717) is 0 Å². The van der Waals surface area contributed by atoms with Crippen molar-refractivity contribution in [1.29, 1.82) is 0 Å². The Hall–Kier alpha value is -1.57. The Bertz CT molecular complexity index is 511. The molecule has 1 aromatic carbocycles. The van der Waals surface area contributed by atoms with Gasteiger partial charge in [-0.05, 0) is 18.6 Å². The zero-order valence-corrected chi connectivity index (χ0v) is 11.2. The first-order valence-electron chi connectivity index (χ1n) is 6.92. The Kier molecular flexibility index (Phi) is 4.57. The van der Waals surface area contributed by atoms with Crippen LogP contribution in [0.1, 0.15) is 38.4 Å². The normalized spacial score (nSPS) is 10.9. The van der Waals surface area contributed by atoms with Gasteiger partial charge in [0.1, 0.15) is 5.82 Å². The Morgan fingerprint density at radius 3 is 2.83 bits per heavy atom. The summed E-state index contributed by atoms with van der Waals surface area (Å²) in [6.45, 7) is 6.94. The van der Waals surface area contributed by atoms with Gasteiger partial charge >= 0.3 is 0 Å². The number of unbranched alkanes of at least 4 members (excludes halogenated alkanes) is 3. The smallest absolute Gasteiger partial charge is 0.110 e. The first-order valence-corrected chi connectivity index (χ1v) is 6.92. The van der Waals surface area contributed by atoms with Gasteiger partial charge in [0.15, 0.2) is 0 Å². The maximum Gasteiger partial charge on any atom is 0.110 e. The van der Waals surface area contributed by atoms with Crippen LogP contribution in [0.5, 0.6) is 0 Å². The minimum atomic E-state index is 0.851. The second kappa shape index (κ2) is 6.39. The van der Waals surface area contributed by atoms with E-state index < -0.39 is 0 Å². The van der Waals surface area contributed by atoms with E-state index in [1.54, 1.807) is 0 Å². The Labute approximate surface area is 109 Å². The number of hydrogen-bond donors (Lipinski definition) is 0. The maximum absolute atomic E-state index is 4.74. The standard InChI is InChI=1S/C16H22N2/c1-3-5-6-7-12-16-17-14-10-8-9-11-15(14)18(16)13-4-2/h4,8-11H,2-3,5-7,12-13H2,1H3. The van der Waals surface area contributed by atoms with E-state index in [9.17, 15) is 0 Å². The maximum atomic E-state index is 4.74. The average Bonchev–Trinajstić information content (AvgIpc) is 2.74. The lowest BCUT2D eigenvalue weighted by molar-refractivity contribution is 0.634. The molecule has 2 aromatic rings. The number of hydrogen-bond acceptors (Lipinski definition) is 1. The van der Waals surface area contributed by atoms with Crippen molar-refractivity contribution < 1.29 is 0 Å². The Morgan fingerprint density at radius 1 is 1.22 bits per heavy atom. The number of benzene rings is 1. The molecule has 18 heavy (non-hydrogen) atoms. The quantitative estimate of drug-likeness (QED) is 0.521. The van der Waals surface area contributed by atoms with Gasteiger partial charge in [0.05, 0.1) is 11.0 Å². The van der Waals surface area contributed by atoms with Gasteiger partial charge in [0.2, 0.25) is 0 Å². The first kappa shape index (κ1) is 12.9. The average molecular weight is 242 g/mol. The Balaban J connectivity index is 2.19. The monoisotopic (exact) mass is 242 g/mol. The molecule has 0 N–H and O–H groups in total. The number of para-hydroxylation sites is 2. The van der Waals surface area contributed by atoms with E-state index in [2.05, 4.69) is 42.3 Å². The topological polar surface area (TPSA) is 17.8 Å². The molecule has 0 atom stereocenters. The molecule has 0 saturated carbocycles. The predicted molar refractivity (Wildman–Crippen MR) is 77.8 cm³/mol. The lowest BCUT2D eigenvalue weighted by Gasteiger charge is -2.06. The van der Waals surface area contributed by atoms with Crippen LogP contribution < -0.4 is 0 Å². The molecule has 0 saturated heterocycles. The van der Waals surface area contributed by atoms with E-state index in [0.717, 1.165) is 18.5 Å². The third kappa shape index (κ3) is 2.81. The number of aromatic nitrogens is 2. The first-order chi connectivity index (χ1) is 8.86. The van der Waals surface area contributed by atoms with E-state index in [4.69, 9.17) is 4.98 Å². The molecule has 0 fully saturated rings. The van der Waals surface area contributed by atoms with Crippen LogP contribution in [0.4, 0.5) is 0 Å². The highest BCUT2D eigenvalue weighted by Gasteiger charge is 2.08. The molecule has 0 aliphatic rings. The summed E-state index contributed by atoms with van der Waals surface area (Å²) in [5.74, 6) is 1.20. The van der Waals surface area contributed by atoms with Crippen molar-refractivity contribution in [2.75, 3.05) is 0 Å². The summed E-state index contributed by atoms with van der Waals surface area (Å²) < 4.78 is 2.29. The van der Waals surface area contributed by atoms with Crippen LogP contribution >= 0.6 is 0 Å². The molecular formula is C16H22N2. The number of rotatable bonds is 7. The number of fused-ring (bicyclic) bond motifs is 1. The van der Waals surface area contributed by atoms with Crippen molar-refractivity contribution in [3.05, 3.63) is 42.7 Å². The fourth-order valence-electron chi connectivity index (χ4n) is 2.36. The van der Waals surface area contributed by atoms with Gasteiger partial charge in [-0.2, -0.15) is 0 Å². The summed E-state index contributed by atoms with van der Waals surface area (Å²) in [7, 11) is 0. The van der Waals surface area contributed by atoms with Gasteiger partial charge in [-0.15, -0.1) is 6.58 Å². The summed E-state index contributed by atoms with van der Waals surface area (Å²) in [6.07, 6.45) is 8.15. The van der Waals surface area contributed by atoms with Crippen LogP contribution in [-0.4, -0.2) is 9.55 Å². The van der Waals surface area contributed by atoms with E-state index in [1.807, 2.05) is 6.08 Å². The molecule has 2 rings (SSSR count).